The molecular weight excluding hydrogens is 196 g/mol. The normalized spacial score (nSPS) is 27.0. The third-order valence-corrected chi connectivity index (χ3v) is 4.47. The average Bonchev–Trinajstić information content (AvgIpc) is 2.96. The molecule has 0 radical (unpaired) electrons. The zero-order valence-electron chi connectivity index (χ0n) is 10.9. The minimum Gasteiger partial charge on any atom is -0.316 e. The first-order chi connectivity index (χ1) is 7.90. The quantitative estimate of drug-likeness (QED) is 0.746. The van der Waals surface area contributed by atoms with Gasteiger partial charge in [0.1, 0.15) is 0 Å². The van der Waals surface area contributed by atoms with E-state index < -0.39 is 0 Å². The van der Waals surface area contributed by atoms with Crippen LogP contribution in [0, 0.1) is 5.92 Å². The summed E-state index contributed by atoms with van der Waals surface area (Å²) in [5, 5.41) is 3.47. The molecule has 2 aliphatic rings. The SMILES string of the molecule is CCN(CCCC1CCNC1)C1CCCC1. The average molecular weight is 224 g/mol. The lowest BCUT2D eigenvalue weighted by Crippen LogP contribution is -2.34. The molecule has 1 heterocycles. The third-order valence-electron chi connectivity index (χ3n) is 4.47. The van der Waals surface area contributed by atoms with Gasteiger partial charge in [0.25, 0.3) is 0 Å². The Balaban J connectivity index is 1.62. The summed E-state index contributed by atoms with van der Waals surface area (Å²) in [5.74, 6) is 0.974. The van der Waals surface area contributed by atoms with Crippen LogP contribution in [0.25, 0.3) is 0 Å². The summed E-state index contributed by atoms with van der Waals surface area (Å²) in [6, 6.07) is 0.923. The molecule has 94 valence electrons. The number of rotatable bonds is 6. The second kappa shape index (κ2) is 6.61. The van der Waals surface area contributed by atoms with Crippen LogP contribution in [0.2, 0.25) is 0 Å². The van der Waals surface area contributed by atoms with Gasteiger partial charge in [-0.3, -0.25) is 0 Å². The smallest absolute Gasteiger partial charge is 0.00951 e. The molecule has 0 aromatic heterocycles. The number of hydrogen-bond donors (Lipinski definition) is 1. The van der Waals surface area contributed by atoms with Gasteiger partial charge in [-0.1, -0.05) is 19.8 Å². The summed E-state index contributed by atoms with van der Waals surface area (Å²) in [4.78, 5) is 2.73. The van der Waals surface area contributed by atoms with Crippen LogP contribution in [0.15, 0.2) is 0 Å². The molecule has 1 N–H and O–H groups in total. The van der Waals surface area contributed by atoms with Crippen LogP contribution in [0.4, 0.5) is 0 Å². The highest BCUT2D eigenvalue weighted by atomic mass is 15.1. The van der Waals surface area contributed by atoms with E-state index in [1.165, 1.54) is 71.1 Å². The maximum atomic E-state index is 3.47. The van der Waals surface area contributed by atoms with Crippen molar-refractivity contribution in [3.8, 4) is 0 Å². The fourth-order valence-electron chi connectivity index (χ4n) is 3.41. The molecule has 0 bridgehead atoms. The van der Waals surface area contributed by atoms with E-state index in [0.29, 0.717) is 0 Å². The standard InChI is InChI=1S/C14H28N2/c1-2-16(14-7-3-4-8-14)11-5-6-13-9-10-15-12-13/h13-15H,2-12H2,1H3. The molecule has 0 aromatic carbocycles. The lowest BCUT2D eigenvalue weighted by Gasteiger charge is -2.27. The molecule has 2 heteroatoms. The maximum Gasteiger partial charge on any atom is 0.00951 e. The molecule has 1 aliphatic heterocycles. The van der Waals surface area contributed by atoms with Gasteiger partial charge >= 0.3 is 0 Å². The largest absolute Gasteiger partial charge is 0.316 e. The van der Waals surface area contributed by atoms with E-state index in [9.17, 15) is 0 Å². The molecule has 1 saturated carbocycles. The topological polar surface area (TPSA) is 15.3 Å². The van der Waals surface area contributed by atoms with Crippen molar-refractivity contribution in [3.63, 3.8) is 0 Å². The third kappa shape index (κ3) is 3.46. The lowest BCUT2D eigenvalue weighted by molar-refractivity contribution is 0.201. The molecule has 0 aromatic rings. The number of nitrogens with one attached hydrogen (secondary N) is 1. The Labute approximate surface area is 101 Å². The van der Waals surface area contributed by atoms with E-state index in [0.717, 1.165) is 12.0 Å². The summed E-state index contributed by atoms with van der Waals surface area (Å²) in [6.07, 6.45) is 10.1. The summed E-state index contributed by atoms with van der Waals surface area (Å²) in [6.45, 7) is 7.46. The Morgan fingerprint density at radius 1 is 1.19 bits per heavy atom. The fourth-order valence-corrected chi connectivity index (χ4v) is 3.41. The Bertz CT molecular complexity index is 181. The van der Waals surface area contributed by atoms with Gasteiger partial charge in [-0.15, -0.1) is 0 Å². The Morgan fingerprint density at radius 2 is 2.00 bits per heavy atom. The summed E-state index contributed by atoms with van der Waals surface area (Å²) in [7, 11) is 0. The van der Waals surface area contributed by atoms with Gasteiger partial charge in [0.2, 0.25) is 0 Å². The molecule has 0 amide bonds. The van der Waals surface area contributed by atoms with Crippen LogP contribution in [0.1, 0.15) is 51.9 Å². The van der Waals surface area contributed by atoms with Gasteiger partial charge in [0.05, 0.1) is 0 Å². The highest BCUT2D eigenvalue weighted by molar-refractivity contribution is 4.77. The first kappa shape index (κ1) is 12.4. The highest BCUT2D eigenvalue weighted by Gasteiger charge is 2.21. The van der Waals surface area contributed by atoms with Crippen LogP contribution < -0.4 is 5.32 Å². The van der Waals surface area contributed by atoms with Gasteiger partial charge in [-0.2, -0.15) is 0 Å². The van der Waals surface area contributed by atoms with Gasteiger partial charge in [0.15, 0.2) is 0 Å². The first-order valence-corrected chi connectivity index (χ1v) is 7.35. The second-order valence-electron chi connectivity index (χ2n) is 5.57. The van der Waals surface area contributed by atoms with Gasteiger partial charge in [-0.05, 0) is 64.2 Å². The van der Waals surface area contributed by atoms with Crippen LogP contribution in [-0.4, -0.2) is 37.1 Å². The van der Waals surface area contributed by atoms with E-state index in [-0.39, 0.29) is 0 Å². The van der Waals surface area contributed by atoms with Crippen LogP contribution >= 0.6 is 0 Å². The van der Waals surface area contributed by atoms with Crippen LogP contribution in [0.3, 0.4) is 0 Å². The Morgan fingerprint density at radius 3 is 2.62 bits per heavy atom. The van der Waals surface area contributed by atoms with Crippen molar-refractivity contribution >= 4 is 0 Å². The van der Waals surface area contributed by atoms with E-state index in [1.54, 1.807) is 0 Å². The number of nitrogens with zero attached hydrogens (tertiary/aromatic N) is 1. The van der Waals surface area contributed by atoms with Crippen molar-refractivity contribution in [2.75, 3.05) is 26.2 Å². The maximum absolute atomic E-state index is 3.47. The molecule has 2 fully saturated rings. The first-order valence-electron chi connectivity index (χ1n) is 7.35. The minimum absolute atomic E-state index is 0.923. The molecule has 1 saturated heterocycles. The molecular formula is C14H28N2. The highest BCUT2D eigenvalue weighted by Crippen LogP contribution is 2.24. The van der Waals surface area contributed by atoms with E-state index in [4.69, 9.17) is 0 Å². The minimum atomic E-state index is 0.923. The summed E-state index contributed by atoms with van der Waals surface area (Å²) < 4.78 is 0. The number of hydrogen-bond acceptors (Lipinski definition) is 2. The predicted octanol–water partition coefficient (Wildman–Crippen LogP) is 2.64. The van der Waals surface area contributed by atoms with Crippen molar-refractivity contribution in [1.29, 1.82) is 0 Å². The van der Waals surface area contributed by atoms with Gasteiger partial charge in [0, 0.05) is 6.04 Å². The molecule has 1 atom stereocenters. The Hall–Kier alpha value is -0.0800. The van der Waals surface area contributed by atoms with E-state index in [1.807, 2.05) is 0 Å². The van der Waals surface area contributed by atoms with Crippen molar-refractivity contribution in [2.24, 2.45) is 5.92 Å². The van der Waals surface area contributed by atoms with Crippen LogP contribution in [-0.2, 0) is 0 Å². The molecule has 2 rings (SSSR count). The molecule has 16 heavy (non-hydrogen) atoms. The van der Waals surface area contributed by atoms with Crippen molar-refractivity contribution in [2.45, 2.75) is 57.9 Å². The summed E-state index contributed by atoms with van der Waals surface area (Å²) >= 11 is 0. The molecule has 1 aliphatic carbocycles. The summed E-state index contributed by atoms with van der Waals surface area (Å²) in [5.41, 5.74) is 0. The van der Waals surface area contributed by atoms with Crippen molar-refractivity contribution in [3.05, 3.63) is 0 Å². The van der Waals surface area contributed by atoms with Crippen molar-refractivity contribution < 1.29 is 0 Å². The lowest BCUT2D eigenvalue weighted by atomic mass is 10.0. The molecule has 0 spiro atoms. The predicted molar refractivity (Wildman–Crippen MR) is 69.7 cm³/mol. The Kier molecular flexibility index (Phi) is 5.11. The molecule has 2 nitrogen and oxygen atoms in total. The van der Waals surface area contributed by atoms with E-state index in [2.05, 4.69) is 17.1 Å². The van der Waals surface area contributed by atoms with Crippen LogP contribution in [0.5, 0.6) is 0 Å². The van der Waals surface area contributed by atoms with Gasteiger partial charge in [-0.25, -0.2) is 0 Å². The van der Waals surface area contributed by atoms with Gasteiger partial charge < -0.3 is 10.2 Å². The van der Waals surface area contributed by atoms with E-state index >= 15 is 0 Å². The zero-order valence-corrected chi connectivity index (χ0v) is 10.9. The monoisotopic (exact) mass is 224 g/mol. The van der Waals surface area contributed by atoms with Crippen molar-refractivity contribution in [1.82, 2.24) is 10.2 Å². The second-order valence-corrected chi connectivity index (χ2v) is 5.57. The zero-order chi connectivity index (χ0) is 11.2. The fraction of sp³-hybridized carbons (Fsp3) is 1.00. The molecule has 1 unspecified atom stereocenters.